The summed E-state index contributed by atoms with van der Waals surface area (Å²) in [7, 11) is 0. The second-order valence-corrected chi connectivity index (χ2v) is 10.7. The van der Waals surface area contributed by atoms with Crippen LogP contribution in [0, 0.1) is 0 Å². The molecule has 0 atom stereocenters. The summed E-state index contributed by atoms with van der Waals surface area (Å²) in [6.45, 7) is 3.35. The van der Waals surface area contributed by atoms with Crippen LogP contribution < -0.4 is 4.90 Å². The zero-order chi connectivity index (χ0) is 26.0. The molecule has 37 heavy (non-hydrogen) atoms. The van der Waals surface area contributed by atoms with Gasteiger partial charge in [0.05, 0.1) is 0 Å². The predicted molar refractivity (Wildman–Crippen MR) is 162 cm³/mol. The van der Waals surface area contributed by atoms with Gasteiger partial charge in [0.15, 0.2) is 5.78 Å². The number of hydrogen-bond acceptors (Lipinski definition) is 2. The maximum Gasteiger partial charge on any atom is 0.185 e. The van der Waals surface area contributed by atoms with Gasteiger partial charge >= 0.3 is 0 Å². The first-order valence-corrected chi connectivity index (χ1v) is 15.1. The summed E-state index contributed by atoms with van der Waals surface area (Å²) in [5, 5.41) is 0. The molecule has 1 heterocycles. The summed E-state index contributed by atoms with van der Waals surface area (Å²) in [6, 6.07) is 8.61. The van der Waals surface area contributed by atoms with Crippen molar-refractivity contribution in [2.75, 3.05) is 11.4 Å². The number of unbranched alkanes of at least 4 members (excludes halogenated alkanes) is 15. The van der Waals surface area contributed by atoms with E-state index in [0.29, 0.717) is 0 Å². The molecule has 0 saturated heterocycles. The first kappa shape index (κ1) is 29.0. The van der Waals surface area contributed by atoms with Crippen molar-refractivity contribution in [1.82, 2.24) is 0 Å². The highest BCUT2D eigenvalue weighted by atomic mass is 16.1. The minimum atomic E-state index is 0.0672. The highest BCUT2D eigenvalue weighted by molar-refractivity contribution is 6.07. The number of fused-ring (bicyclic) bond motifs is 1. The van der Waals surface area contributed by atoms with E-state index >= 15 is 0 Å². The maximum atomic E-state index is 12.0. The van der Waals surface area contributed by atoms with Crippen molar-refractivity contribution in [2.45, 2.75) is 110 Å². The lowest BCUT2D eigenvalue weighted by Crippen LogP contribution is -2.21. The van der Waals surface area contributed by atoms with Crippen LogP contribution >= 0.6 is 0 Å². The quantitative estimate of drug-likeness (QED) is 0.148. The van der Waals surface area contributed by atoms with Gasteiger partial charge in [0.1, 0.15) is 0 Å². The van der Waals surface area contributed by atoms with E-state index < -0.39 is 0 Å². The lowest BCUT2D eigenvalue weighted by Gasteiger charge is -2.27. The number of allylic oxidation sites excluding steroid dienone is 9. The van der Waals surface area contributed by atoms with E-state index in [-0.39, 0.29) is 5.78 Å². The maximum absolute atomic E-state index is 12.0. The van der Waals surface area contributed by atoms with E-state index in [0.717, 1.165) is 17.7 Å². The fourth-order valence-electron chi connectivity index (χ4n) is 5.28. The van der Waals surface area contributed by atoms with Gasteiger partial charge in [-0.15, -0.1) is 0 Å². The highest BCUT2D eigenvalue weighted by Crippen LogP contribution is 2.33. The summed E-state index contributed by atoms with van der Waals surface area (Å²) in [6.07, 6.45) is 38.0. The summed E-state index contributed by atoms with van der Waals surface area (Å²) < 4.78 is 0. The predicted octanol–water partition coefficient (Wildman–Crippen LogP) is 10.3. The molecule has 0 saturated carbocycles. The molecule has 2 aliphatic rings. The molecule has 1 aromatic rings. The summed E-state index contributed by atoms with van der Waals surface area (Å²) in [5.41, 5.74) is 4.39. The van der Waals surface area contributed by atoms with Crippen molar-refractivity contribution in [2.24, 2.45) is 0 Å². The molecule has 0 spiro atoms. The van der Waals surface area contributed by atoms with Crippen molar-refractivity contribution in [3.63, 3.8) is 0 Å². The van der Waals surface area contributed by atoms with Crippen LogP contribution in [0.1, 0.15) is 115 Å². The number of nitrogens with zero attached hydrogens (tertiary/aromatic N) is 1. The normalized spacial score (nSPS) is 16.8. The molecule has 0 unspecified atom stereocenters. The van der Waals surface area contributed by atoms with Crippen LogP contribution in [-0.4, -0.2) is 12.3 Å². The van der Waals surface area contributed by atoms with Gasteiger partial charge in [-0.1, -0.05) is 152 Å². The first-order chi connectivity index (χ1) is 18.3. The van der Waals surface area contributed by atoms with Crippen LogP contribution in [0.2, 0.25) is 0 Å². The second kappa shape index (κ2) is 17.8. The van der Waals surface area contributed by atoms with Gasteiger partial charge < -0.3 is 4.90 Å². The fraction of sp³-hybridized carbons (Fsp3) is 0.514. The minimum Gasteiger partial charge on any atom is -0.347 e. The number of ketones is 1. The average molecular weight is 500 g/mol. The molecule has 3 rings (SSSR count). The molecule has 2 nitrogen and oxygen atoms in total. The monoisotopic (exact) mass is 499 g/mol. The lowest BCUT2D eigenvalue weighted by atomic mass is 9.98. The molecule has 1 aliphatic heterocycles. The number of carbonyl (C=O) groups excluding carboxylic acids is 1. The molecular weight excluding hydrogens is 450 g/mol. The molecule has 0 aromatic heterocycles. The van der Waals surface area contributed by atoms with Gasteiger partial charge in [0, 0.05) is 29.6 Å². The number of anilines is 1. The van der Waals surface area contributed by atoms with Gasteiger partial charge in [-0.05, 0) is 30.2 Å². The molecule has 0 amide bonds. The zero-order valence-electron chi connectivity index (χ0n) is 23.3. The Hall–Kier alpha value is -2.61. The SMILES string of the molecule is CCCCCCCCCCCCCCCCCCN1C=C/C(=C\C=C2\C=CC=CC2=O)c2ccccc21. The average Bonchev–Trinajstić information content (AvgIpc) is 2.93. The van der Waals surface area contributed by atoms with Crippen LogP contribution in [0.4, 0.5) is 5.69 Å². The Balaban J connectivity index is 1.27. The largest absolute Gasteiger partial charge is 0.347 e. The molecule has 0 radical (unpaired) electrons. The van der Waals surface area contributed by atoms with E-state index in [1.807, 2.05) is 18.2 Å². The summed E-state index contributed by atoms with van der Waals surface area (Å²) in [4.78, 5) is 14.4. The Morgan fingerprint density at radius 2 is 1.16 bits per heavy atom. The Kier molecular flexibility index (Phi) is 13.9. The number of para-hydroxylation sites is 1. The third-order valence-electron chi connectivity index (χ3n) is 7.57. The molecular formula is C35H49NO. The third kappa shape index (κ3) is 10.7. The molecule has 1 aromatic carbocycles. The molecule has 2 heteroatoms. The van der Waals surface area contributed by atoms with E-state index in [2.05, 4.69) is 54.4 Å². The Morgan fingerprint density at radius 3 is 1.78 bits per heavy atom. The molecule has 0 bridgehead atoms. The van der Waals surface area contributed by atoms with Gasteiger partial charge in [-0.25, -0.2) is 0 Å². The Labute approximate surface area is 226 Å². The standard InChI is InChI=1S/C35H49NO/c1-2-3-4-5-6-7-8-9-10-11-12-13-14-15-16-21-29-36-30-28-31(33-23-18-19-24-34(33)36)26-27-32-22-17-20-25-35(32)37/h17-20,22-28,30H,2-16,21,29H2,1H3/b31-26+,32-27-. The van der Waals surface area contributed by atoms with Crippen molar-refractivity contribution in [3.05, 3.63) is 84.1 Å². The van der Waals surface area contributed by atoms with E-state index in [1.165, 1.54) is 114 Å². The number of hydrogen-bond donors (Lipinski definition) is 0. The summed E-state index contributed by atoms with van der Waals surface area (Å²) >= 11 is 0. The van der Waals surface area contributed by atoms with E-state index in [4.69, 9.17) is 0 Å². The number of rotatable bonds is 18. The molecule has 200 valence electrons. The van der Waals surface area contributed by atoms with Crippen molar-refractivity contribution in [1.29, 1.82) is 0 Å². The molecule has 0 N–H and O–H groups in total. The Bertz CT molecular complexity index is 961. The summed E-state index contributed by atoms with van der Waals surface area (Å²) in [5.74, 6) is 0.0672. The number of carbonyl (C=O) groups is 1. The highest BCUT2D eigenvalue weighted by Gasteiger charge is 2.15. The van der Waals surface area contributed by atoms with Crippen molar-refractivity contribution in [3.8, 4) is 0 Å². The van der Waals surface area contributed by atoms with Crippen LogP contribution in [0.5, 0.6) is 0 Å². The topological polar surface area (TPSA) is 20.3 Å². The molecule has 0 fully saturated rings. The third-order valence-corrected chi connectivity index (χ3v) is 7.57. The van der Waals surface area contributed by atoms with Gasteiger partial charge in [0.2, 0.25) is 0 Å². The van der Waals surface area contributed by atoms with Crippen molar-refractivity contribution >= 4 is 17.0 Å². The van der Waals surface area contributed by atoms with Gasteiger partial charge in [0.25, 0.3) is 0 Å². The molecule has 1 aliphatic carbocycles. The number of benzene rings is 1. The second-order valence-electron chi connectivity index (χ2n) is 10.7. The smallest absolute Gasteiger partial charge is 0.185 e. The van der Waals surface area contributed by atoms with Crippen LogP contribution in [0.3, 0.4) is 0 Å². The van der Waals surface area contributed by atoms with Crippen LogP contribution in [-0.2, 0) is 4.79 Å². The first-order valence-electron chi connectivity index (χ1n) is 15.1. The zero-order valence-corrected chi connectivity index (χ0v) is 23.3. The van der Waals surface area contributed by atoms with Crippen LogP contribution in [0.15, 0.2) is 78.6 Å². The van der Waals surface area contributed by atoms with Gasteiger partial charge in [-0.2, -0.15) is 0 Å². The Morgan fingerprint density at radius 1 is 0.622 bits per heavy atom. The minimum absolute atomic E-state index is 0.0672. The van der Waals surface area contributed by atoms with Crippen molar-refractivity contribution < 1.29 is 4.79 Å². The van der Waals surface area contributed by atoms with E-state index in [1.54, 1.807) is 12.2 Å². The fourth-order valence-corrected chi connectivity index (χ4v) is 5.28. The van der Waals surface area contributed by atoms with E-state index in [9.17, 15) is 4.79 Å². The van der Waals surface area contributed by atoms with Gasteiger partial charge in [-0.3, -0.25) is 4.79 Å². The van der Waals surface area contributed by atoms with Crippen LogP contribution in [0.25, 0.3) is 5.57 Å². The lowest BCUT2D eigenvalue weighted by molar-refractivity contribution is -0.111.